The maximum absolute atomic E-state index is 11.0. The van der Waals surface area contributed by atoms with Crippen LogP contribution in [0.2, 0.25) is 0 Å². The van der Waals surface area contributed by atoms with E-state index in [1.165, 1.54) is 0 Å². The minimum atomic E-state index is -1.76. The number of aliphatic hydroxyl groups excluding tert-OH is 2. The van der Waals surface area contributed by atoms with Gasteiger partial charge >= 0.3 is 11.9 Å². The maximum atomic E-state index is 11.0. The van der Waals surface area contributed by atoms with Crippen molar-refractivity contribution in [3.05, 3.63) is 0 Å². The van der Waals surface area contributed by atoms with E-state index in [1.807, 2.05) is 0 Å². The molecule has 0 unspecified atom stereocenters. The molecule has 9 heteroatoms. The second-order valence-electron chi connectivity index (χ2n) is 4.08. The van der Waals surface area contributed by atoms with Crippen molar-refractivity contribution in [2.45, 2.75) is 44.5 Å². The SMILES string of the molecule is CC(=O)N[C@@H]1[C@@H](OC(C)=O)[C@@H](O)[C@@H](C(=O)O)O[C@@H]1O. The van der Waals surface area contributed by atoms with Crippen molar-refractivity contribution < 1.29 is 39.2 Å². The van der Waals surface area contributed by atoms with Gasteiger partial charge in [0.25, 0.3) is 0 Å². The maximum Gasteiger partial charge on any atom is 0.335 e. The minimum absolute atomic E-state index is 0.564. The molecule has 1 rings (SSSR count). The van der Waals surface area contributed by atoms with Crippen LogP contribution in [0.3, 0.4) is 0 Å². The highest BCUT2D eigenvalue weighted by atomic mass is 16.6. The van der Waals surface area contributed by atoms with Crippen LogP contribution in [0.1, 0.15) is 13.8 Å². The van der Waals surface area contributed by atoms with Crippen LogP contribution >= 0.6 is 0 Å². The van der Waals surface area contributed by atoms with Crippen molar-refractivity contribution in [2.24, 2.45) is 0 Å². The third kappa shape index (κ3) is 3.63. The lowest BCUT2D eigenvalue weighted by molar-refractivity contribution is -0.253. The molecule has 1 heterocycles. The zero-order chi connectivity index (χ0) is 14.7. The molecule has 1 saturated heterocycles. The van der Waals surface area contributed by atoms with E-state index in [1.54, 1.807) is 0 Å². The average molecular weight is 277 g/mol. The van der Waals surface area contributed by atoms with Crippen molar-refractivity contribution in [1.29, 1.82) is 0 Å². The Morgan fingerprint density at radius 1 is 1.21 bits per heavy atom. The molecule has 1 amide bonds. The Kier molecular flexibility index (Phi) is 4.81. The first-order valence-corrected chi connectivity index (χ1v) is 5.42. The molecule has 0 aromatic carbocycles. The first-order valence-electron chi connectivity index (χ1n) is 5.42. The van der Waals surface area contributed by atoms with E-state index >= 15 is 0 Å². The monoisotopic (exact) mass is 277 g/mol. The second-order valence-corrected chi connectivity index (χ2v) is 4.08. The summed E-state index contributed by atoms with van der Waals surface area (Å²) >= 11 is 0. The third-order valence-corrected chi connectivity index (χ3v) is 2.51. The van der Waals surface area contributed by atoms with Gasteiger partial charge < -0.3 is 30.1 Å². The molecule has 0 radical (unpaired) electrons. The van der Waals surface area contributed by atoms with E-state index < -0.39 is 48.5 Å². The Bertz CT molecular complexity index is 384. The van der Waals surface area contributed by atoms with Gasteiger partial charge in [-0.05, 0) is 0 Å². The molecule has 4 N–H and O–H groups in total. The Labute approximate surface area is 108 Å². The number of aliphatic carboxylic acids is 1. The number of esters is 1. The number of aliphatic hydroxyl groups is 2. The van der Waals surface area contributed by atoms with Gasteiger partial charge in [0.1, 0.15) is 12.1 Å². The molecule has 0 bridgehead atoms. The molecule has 108 valence electrons. The molecule has 1 fully saturated rings. The van der Waals surface area contributed by atoms with Gasteiger partial charge in [-0.1, -0.05) is 0 Å². The fourth-order valence-corrected chi connectivity index (χ4v) is 1.79. The van der Waals surface area contributed by atoms with Crippen molar-refractivity contribution in [3.63, 3.8) is 0 Å². The average Bonchev–Trinajstić information content (AvgIpc) is 2.26. The number of carboxylic acid groups (broad SMARTS) is 1. The fourth-order valence-electron chi connectivity index (χ4n) is 1.79. The van der Waals surface area contributed by atoms with E-state index in [0.717, 1.165) is 13.8 Å². The lowest BCUT2D eigenvalue weighted by atomic mass is 9.96. The number of carbonyl (C=O) groups excluding carboxylic acids is 2. The Morgan fingerprint density at radius 2 is 1.79 bits per heavy atom. The van der Waals surface area contributed by atoms with Gasteiger partial charge in [0.05, 0.1) is 0 Å². The molecule has 19 heavy (non-hydrogen) atoms. The van der Waals surface area contributed by atoms with Crippen LogP contribution in [0, 0.1) is 0 Å². The van der Waals surface area contributed by atoms with Crippen LogP contribution in [0.25, 0.3) is 0 Å². The number of rotatable bonds is 3. The zero-order valence-electron chi connectivity index (χ0n) is 10.3. The molecule has 9 nitrogen and oxygen atoms in total. The Hall–Kier alpha value is -1.71. The molecule has 0 aromatic heterocycles. The second kappa shape index (κ2) is 5.95. The summed E-state index contributed by atoms with van der Waals surface area (Å²) in [7, 11) is 0. The van der Waals surface area contributed by atoms with Crippen LogP contribution in [0.4, 0.5) is 0 Å². The number of ether oxygens (including phenoxy) is 2. The molecular weight excluding hydrogens is 262 g/mol. The van der Waals surface area contributed by atoms with Crippen molar-refractivity contribution in [1.82, 2.24) is 5.32 Å². The molecule has 5 atom stereocenters. The first kappa shape index (κ1) is 15.3. The number of hydrogen-bond donors (Lipinski definition) is 4. The van der Waals surface area contributed by atoms with Gasteiger partial charge in [-0.25, -0.2) is 4.79 Å². The Morgan fingerprint density at radius 3 is 2.21 bits per heavy atom. The van der Waals surface area contributed by atoms with Gasteiger partial charge in [0.2, 0.25) is 5.91 Å². The third-order valence-electron chi connectivity index (χ3n) is 2.51. The van der Waals surface area contributed by atoms with Crippen LogP contribution in [0.15, 0.2) is 0 Å². The van der Waals surface area contributed by atoms with E-state index in [-0.39, 0.29) is 0 Å². The number of carboxylic acids is 1. The van der Waals surface area contributed by atoms with Crippen LogP contribution in [-0.4, -0.2) is 63.8 Å². The van der Waals surface area contributed by atoms with E-state index in [0.29, 0.717) is 0 Å². The predicted molar refractivity (Wildman–Crippen MR) is 57.7 cm³/mol. The fraction of sp³-hybridized carbons (Fsp3) is 0.700. The van der Waals surface area contributed by atoms with Crippen LogP contribution in [0.5, 0.6) is 0 Å². The number of carbonyl (C=O) groups is 3. The summed E-state index contributed by atoms with van der Waals surface area (Å²) in [6.07, 6.45) is -6.63. The molecule has 0 aliphatic carbocycles. The van der Waals surface area contributed by atoms with Gasteiger partial charge in [-0.2, -0.15) is 0 Å². The van der Waals surface area contributed by atoms with Gasteiger partial charge in [-0.15, -0.1) is 0 Å². The number of nitrogens with one attached hydrogen (secondary N) is 1. The standard InChI is InChI=1S/C10H15NO8/c1-3(12)11-5-7(18-4(2)13)6(14)8(9(15)16)19-10(5)17/h5-8,10,14,17H,1-2H3,(H,11,12)(H,15,16)/t5-,6-,7-,8+,10+/m1/s1. The van der Waals surface area contributed by atoms with E-state index in [4.69, 9.17) is 9.84 Å². The van der Waals surface area contributed by atoms with Crippen LogP contribution in [-0.2, 0) is 23.9 Å². The largest absolute Gasteiger partial charge is 0.479 e. The molecule has 0 spiro atoms. The number of amides is 1. The smallest absolute Gasteiger partial charge is 0.335 e. The quantitative estimate of drug-likeness (QED) is 0.418. The Balaban J connectivity index is 2.98. The molecule has 1 aliphatic rings. The lowest BCUT2D eigenvalue weighted by Crippen LogP contribution is -2.65. The highest BCUT2D eigenvalue weighted by Crippen LogP contribution is 2.23. The summed E-state index contributed by atoms with van der Waals surface area (Å²) in [6, 6.07) is -1.26. The van der Waals surface area contributed by atoms with Crippen molar-refractivity contribution >= 4 is 17.8 Å². The highest BCUT2D eigenvalue weighted by molar-refractivity contribution is 5.75. The molecule has 0 saturated carbocycles. The summed E-state index contributed by atoms with van der Waals surface area (Å²) in [5.74, 6) is -2.88. The van der Waals surface area contributed by atoms with Gasteiger partial charge in [-0.3, -0.25) is 9.59 Å². The first-order chi connectivity index (χ1) is 8.73. The summed E-state index contributed by atoms with van der Waals surface area (Å²) in [6.45, 7) is 2.20. The number of hydrogen-bond acceptors (Lipinski definition) is 7. The molecule has 0 aromatic rings. The zero-order valence-corrected chi connectivity index (χ0v) is 10.3. The topological polar surface area (TPSA) is 142 Å². The van der Waals surface area contributed by atoms with Crippen molar-refractivity contribution in [3.8, 4) is 0 Å². The predicted octanol–water partition coefficient (Wildman–Crippen LogP) is -2.41. The highest BCUT2D eigenvalue weighted by Gasteiger charge is 2.49. The van der Waals surface area contributed by atoms with Gasteiger partial charge in [0.15, 0.2) is 18.5 Å². The van der Waals surface area contributed by atoms with E-state index in [2.05, 4.69) is 10.1 Å². The molecule has 1 aliphatic heterocycles. The van der Waals surface area contributed by atoms with E-state index in [9.17, 15) is 24.6 Å². The van der Waals surface area contributed by atoms with Crippen molar-refractivity contribution in [2.75, 3.05) is 0 Å². The summed E-state index contributed by atoms with van der Waals surface area (Å²) in [4.78, 5) is 32.8. The summed E-state index contributed by atoms with van der Waals surface area (Å²) in [5.41, 5.74) is 0. The van der Waals surface area contributed by atoms with Crippen LogP contribution < -0.4 is 5.32 Å². The van der Waals surface area contributed by atoms with Gasteiger partial charge in [0, 0.05) is 13.8 Å². The summed E-state index contributed by atoms with van der Waals surface area (Å²) in [5, 5.41) is 30.5. The molecular formula is C10H15NO8. The minimum Gasteiger partial charge on any atom is -0.479 e. The lowest BCUT2D eigenvalue weighted by Gasteiger charge is -2.40. The summed E-state index contributed by atoms with van der Waals surface area (Å²) < 4.78 is 9.45. The normalized spacial score (nSPS) is 34.4.